The number of nitrogens with zero attached hydrogens (tertiary/aromatic N) is 1. The van der Waals surface area contributed by atoms with Crippen molar-refractivity contribution in [2.45, 2.75) is 4.21 Å². The fraction of sp³-hybridized carbons (Fsp3) is 0. The van der Waals surface area contributed by atoms with Crippen molar-refractivity contribution in [1.29, 1.82) is 0 Å². The molecular formula is C7H8N4O2S2. The van der Waals surface area contributed by atoms with E-state index in [-0.39, 0.29) is 4.21 Å². The molecule has 2 rings (SSSR count). The van der Waals surface area contributed by atoms with Gasteiger partial charge < -0.3 is 5.73 Å². The van der Waals surface area contributed by atoms with E-state index in [0.29, 0.717) is 11.4 Å². The summed E-state index contributed by atoms with van der Waals surface area (Å²) in [7, 11) is -3.53. The van der Waals surface area contributed by atoms with Crippen LogP contribution >= 0.6 is 11.3 Å². The van der Waals surface area contributed by atoms with Crippen LogP contribution in [0.25, 0.3) is 0 Å². The zero-order chi connectivity index (χ0) is 10.9. The van der Waals surface area contributed by atoms with E-state index < -0.39 is 10.0 Å². The molecule has 0 radical (unpaired) electrons. The number of hydrogen-bond donors (Lipinski definition) is 3. The summed E-state index contributed by atoms with van der Waals surface area (Å²) in [5.41, 5.74) is 6.28. The van der Waals surface area contributed by atoms with Gasteiger partial charge >= 0.3 is 0 Å². The Bertz CT molecular complexity index is 543. The van der Waals surface area contributed by atoms with Crippen LogP contribution in [0.3, 0.4) is 0 Å². The van der Waals surface area contributed by atoms with Gasteiger partial charge in [-0.2, -0.15) is 5.10 Å². The molecule has 80 valence electrons. The number of H-pyrrole nitrogens is 1. The van der Waals surface area contributed by atoms with Crippen LogP contribution in [0.15, 0.2) is 28.0 Å². The van der Waals surface area contributed by atoms with Crippen LogP contribution in [0.4, 0.5) is 11.4 Å². The number of aromatic amines is 1. The molecular weight excluding hydrogens is 236 g/mol. The summed E-state index contributed by atoms with van der Waals surface area (Å²) in [4.78, 5) is 0. The Labute approximate surface area is 90.2 Å². The first-order valence-electron chi connectivity index (χ1n) is 3.93. The van der Waals surface area contributed by atoms with Crippen molar-refractivity contribution in [3.05, 3.63) is 23.8 Å². The van der Waals surface area contributed by atoms with Crippen LogP contribution in [0.2, 0.25) is 0 Å². The second-order valence-electron chi connectivity index (χ2n) is 2.79. The lowest BCUT2D eigenvalue weighted by Crippen LogP contribution is -2.10. The number of anilines is 2. The first kappa shape index (κ1) is 9.99. The van der Waals surface area contributed by atoms with Crippen LogP contribution in [0.1, 0.15) is 0 Å². The third-order valence-electron chi connectivity index (χ3n) is 1.61. The maximum absolute atomic E-state index is 11.7. The van der Waals surface area contributed by atoms with Gasteiger partial charge in [0.05, 0.1) is 11.9 Å². The number of hydrogen-bond acceptors (Lipinski definition) is 5. The Morgan fingerprint density at radius 1 is 1.53 bits per heavy atom. The van der Waals surface area contributed by atoms with Gasteiger partial charge in [0.1, 0.15) is 4.21 Å². The summed E-state index contributed by atoms with van der Waals surface area (Å²) < 4.78 is 26.0. The van der Waals surface area contributed by atoms with E-state index in [2.05, 4.69) is 14.9 Å². The second kappa shape index (κ2) is 3.55. The fourth-order valence-electron chi connectivity index (χ4n) is 0.983. The smallest absolute Gasteiger partial charge is 0.271 e. The summed E-state index contributed by atoms with van der Waals surface area (Å²) in [6.07, 6.45) is 2.84. The second-order valence-corrected chi connectivity index (χ2v) is 5.61. The molecule has 0 fully saturated rings. The van der Waals surface area contributed by atoms with Gasteiger partial charge in [-0.25, -0.2) is 8.42 Å². The van der Waals surface area contributed by atoms with Crippen molar-refractivity contribution in [3.8, 4) is 0 Å². The van der Waals surface area contributed by atoms with E-state index in [0.717, 1.165) is 11.3 Å². The zero-order valence-corrected chi connectivity index (χ0v) is 9.10. The number of aromatic nitrogens is 2. The first-order valence-corrected chi connectivity index (χ1v) is 6.30. The molecule has 0 spiro atoms. The quantitative estimate of drug-likeness (QED) is 0.745. The maximum atomic E-state index is 11.7. The van der Waals surface area contributed by atoms with Gasteiger partial charge in [0.15, 0.2) is 0 Å². The van der Waals surface area contributed by atoms with E-state index in [1.165, 1.54) is 18.5 Å². The molecule has 4 N–H and O–H groups in total. The molecule has 0 aliphatic carbocycles. The molecule has 0 saturated carbocycles. The molecule has 6 nitrogen and oxygen atoms in total. The lowest BCUT2D eigenvalue weighted by Gasteiger charge is -2.01. The minimum absolute atomic E-state index is 0.182. The Kier molecular flexibility index (Phi) is 2.37. The molecule has 0 atom stereocenters. The number of rotatable bonds is 3. The van der Waals surface area contributed by atoms with E-state index in [4.69, 9.17) is 5.73 Å². The average molecular weight is 244 g/mol. The lowest BCUT2D eigenvalue weighted by molar-refractivity contribution is 0.603. The normalized spacial score (nSPS) is 11.5. The Morgan fingerprint density at radius 3 is 2.87 bits per heavy atom. The number of nitrogens with two attached hydrogens (primary N) is 1. The van der Waals surface area contributed by atoms with Crippen molar-refractivity contribution < 1.29 is 8.42 Å². The molecule has 15 heavy (non-hydrogen) atoms. The van der Waals surface area contributed by atoms with Crippen molar-refractivity contribution in [2.24, 2.45) is 0 Å². The molecule has 0 saturated heterocycles. The highest BCUT2D eigenvalue weighted by Gasteiger charge is 2.16. The van der Waals surface area contributed by atoms with Crippen molar-refractivity contribution >= 4 is 32.7 Å². The number of nitrogen functional groups attached to an aromatic ring is 1. The van der Waals surface area contributed by atoms with Crippen molar-refractivity contribution in [1.82, 2.24) is 10.2 Å². The zero-order valence-electron chi connectivity index (χ0n) is 7.47. The van der Waals surface area contributed by atoms with Gasteiger partial charge in [0.2, 0.25) is 0 Å². The Hall–Kier alpha value is -1.54. The summed E-state index contributed by atoms with van der Waals surface area (Å²) >= 11 is 1.07. The van der Waals surface area contributed by atoms with E-state index >= 15 is 0 Å². The highest BCUT2D eigenvalue weighted by Crippen LogP contribution is 2.23. The Balaban J connectivity index is 2.28. The maximum Gasteiger partial charge on any atom is 0.271 e. The van der Waals surface area contributed by atoms with Gasteiger partial charge in [-0.1, -0.05) is 0 Å². The van der Waals surface area contributed by atoms with Crippen molar-refractivity contribution in [3.63, 3.8) is 0 Å². The predicted octanol–water partition coefficient (Wildman–Crippen LogP) is 0.854. The van der Waals surface area contributed by atoms with Crippen LogP contribution in [0, 0.1) is 0 Å². The average Bonchev–Trinajstić information content (AvgIpc) is 2.75. The van der Waals surface area contributed by atoms with Crippen LogP contribution in [0.5, 0.6) is 0 Å². The monoisotopic (exact) mass is 244 g/mol. The molecule has 0 bridgehead atoms. The first-order chi connectivity index (χ1) is 7.08. The summed E-state index contributed by atoms with van der Waals surface area (Å²) in [6.45, 7) is 0. The Morgan fingerprint density at radius 2 is 2.33 bits per heavy atom. The minimum Gasteiger partial charge on any atom is -0.398 e. The van der Waals surface area contributed by atoms with Crippen LogP contribution in [-0.4, -0.2) is 18.6 Å². The SMILES string of the molecule is Nc1csc(S(=O)(=O)Nc2cn[nH]c2)c1. The van der Waals surface area contributed by atoms with Gasteiger partial charge in [-0.15, -0.1) is 11.3 Å². The fourth-order valence-corrected chi connectivity index (χ4v) is 3.10. The topological polar surface area (TPSA) is 101 Å². The van der Waals surface area contributed by atoms with Gasteiger partial charge in [-0.3, -0.25) is 9.82 Å². The molecule has 2 heterocycles. The van der Waals surface area contributed by atoms with E-state index in [1.54, 1.807) is 5.38 Å². The molecule has 0 aromatic carbocycles. The standard InChI is InChI=1S/C7H8N4O2S2/c8-5-1-7(14-4-5)15(12,13)11-6-2-9-10-3-6/h1-4,11H,8H2,(H,9,10). The predicted molar refractivity (Wildman–Crippen MR) is 58.1 cm³/mol. The molecule has 8 heteroatoms. The van der Waals surface area contributed by atoms with Crippen LogP contribution < -0.4 is 10.5 Å². The van der Waals surface area contributed by atoms with Gasteiger partial charge in [0.25, 0.3) is 10.0 Å². The minimum atomic E-state index is -3.53. The van der Waals surface area contributed by atoms with Crippen LogP contribution in [-0.2, 0) is 10.0 Å². The third kappa shape index (κ3) is 2.10. The third-order valence-corrected chi connectivity index (χ3v) is 4.45. The van der Waals surface area contributed by atoms with Crippen molar-refractivity contribution in [2.75, 3.05) is 10.5 Å². The number of sulfonamides is 1. The molecule has 0 amide bonds. The molecule has 0 aliphatic heterocycles. The van der Waals surface area contributed by atoms with E-state index in [9.17, 15) is 8.42 Å². The molecule has 0 unspecified atom stereocenters. The van der Waals surface area contributed by atoms with Gasteiger partial charge in [0, 0.05) is 17.3 Å². The lowest BCUT2D eigenvalue weighted by atomic mass is 10.6. The highest BCUT2D eigenvalue weighted by atomic mass is 32.2. The summed E-state index contributed by atoms with van der Waals surface area (Å²) in [6, 6.07) is 1.41. The van der Waals surface area contributed by atoms with E-state index in [1.807, 2.05) is 0 Å². The largest absolute Gasteiger partial charge is 0.398 e. The molecule has 2 aromatic heterocycles. The summed E-state index contributed by atoms with van der Waals surface area (Å²) in [5, 5.41) is 7.72. The molecule has 2 aromatic rings. The number of nitrogens with one attached hydrogen (secondary N) is 2. The van der Waals surface area contributed by atoms with Gasteiger partial charge in [-0.05, 0) is 6.07 Å². The summed E-state index contributed by atoms with van der Waals surface area (Å²) in [5.74, 6) is 0. The highest BCUT2D eigenvalue weighted by molar-refractivity contribution is 7.94. The number of thiophene rings is 1. The molecule has 0 aliphatic rings.